The van der Waals surface area contributed by atoms with Gasteiger partial charge in [0.2, 0.25) is 5.91 Å². The average molecular weight is 345 g/mol. The van der Waals surface area contributed by atoms with Gasteiger partial charge < -0.3 is 10.1 Å². The zero-order valence-electron chi connectivity index (χ0n) is 16.2. The molecule has 1 N–H and O–H groups in total. The van der Waals surface area contributed by atoms with Crippen LogP contribution in [0.25, 0.3) is 0 Å². The van der Waals surface area contributed by atoms with Gasteiger partial charge in [-0.3, -0.25) is 4.79 Å². The fourth-order valence-electron chi connectivity index (χ4n) is 4.19. The van der Waals surface area contributed by atoms with Crippen molar-refractivity contribution >= 4 is 11.9 Å². The fourth-order valence-corrected chi connectivity index (χ4v) is 4.19. The molecule has 0 spiro atoms. The summed E-state index contributed by atoms with van der Waals surface area (Å²) in [6.45, 7) is 7.94. The van der Waals surface area contributed by atoms with Crippen molar-refractivity contribution in [2.45, 2.75) is 71.8 Å². The van der Waals surface area contributed by atoms with Crippen LogP contribution >= 0.6 is 0 Å². The van der Waals surface area contributed by atoms with Gasteiger partial charge in [-0.25, -0.2) is 4.79 Å². The molecule has 0 aromatic heterocycles. The van der Waals surface area contributed by atoms with Crippen molar-refractivity contribution in [2.24, 2.45) is 5.92 Å². The lowest BCUT2D eigenvalue weighted by Gasteiger charge is -2.38. The van der Waals surface area contributed by atoms with Gasteiger partial charge in [0.25, 0.3) is 0 Å². The Hall–Kier alpha value is -1.84. The molecule has 4 nitrogen and oxygen atoms in total. The van der Waals surface area contributed by atoms with Crippen LogP contribution in [0.3, 0.4) is 0 Å². The van der Waals surface area contributed by atoms with Gasteiger partial charge in [0.1, 0.15) is 5.54 Å². The molecule has 1 aromatic rings. The van der Waals surface area contributed by atoms with E-state index in [9.17, 15) is 9.59 Å². The van der Waals surface area contributed by atoms with Crippen molar-refractivity contribution in [2.75, 3.05) is 7.11 Å². The second-order valence-electron chi connectivity index (χ2n) is 7.63. The lowest BCUT2D eigenvalue weighted by Crippen LogP contribution is -2.58. The molecule has 0 bridgehead atoms. The van der Waals surface area contributed by atoms with Crippen LogP contribution in [0.15, 0.2) is 12.1 Å². The summed E-state index contributed by atoms with van der Waals surface area (Å²) < 4.78 is 5.03. The van der Waals surface area contributed by atoms with E-state index in [1.165, 1.54) is 19.1 Å². The van der Waals surface area contributed by atoms with E-state index in [1.54, 1.807) is 0 Å². The minimum atomic E-state index is -0.946. The molecule has 0 saturated heterocycles. The summed E-state index contributed by atoms with van der Waals surface area (Å²) in [4.78, 5) is 25.2. The quantitative estimate of drug-likeness (QED) is 0.826. The highest BCUT2D eigenvalue weighted by Gasteiger charge is 2.43. The molecule has 1 aliphatic carbocycles. The Bertz CT molecular complexity index is 624. The number of methoxy groups -OCH3 is 1. The minimum Gasteiger partial charge on any atom is -0.467 e. The van der Waals surface area contributed by atoms with Crippen LogP contribution in [0.2, 0.25) is 0 Å². The Kier molecular flexibility index (Phi) is 6.26. The largest absolute Gasteiger partial charge is 0.467 e. The highest BCUT2D eigenvalue weighted by Crippen LogP contribution is 2.33. The van der Waals surface area contributed by atoms with Crippen molar-refractivity contribution < 1.29 is 14.3 Å². The number of amides is 1. The van der Waals surface area contributed by atoms with E-state index in [0.717, 1.165) is 42.4 Å². The lowest BCUT2D eigenvalue weighted by atomic mass is 9.75. The number of carbonyl (C=O) groups is 2. The molecule has 1 aromatic carbocycles. The number of esters is 1. The second kappa shape index (κ2) is 8.03. The number of rotatable bonds is 5. The zero-order valence-corrected chi connectivity index (χ0v) is 16.2. The summed E-state index contributed by atoms with van der Waals surface area (Å²) >= 11 is 0. The first-order valence-electron chi connectivity index (χ1n) is 9.24. The molecule has 1 fully saturated rings. The molecule has 0 radical (unpaired) electrons. The van der Waals surface area contributed by atoms with E-state index in [4.69, 9.17) is 4.74 Å². The molecule has 0 aliphatic heterocycles. The molecule has 1 aliphatic rings. The molecule has 138 valence electrons. The van der Waals surface area contributed by atoms with Gasteiger partial charge in [0, 0.05) is 0 Å². The van der Waals surface area contributed by atoms with Crippen LogP contribution in [0.5, 0.6) is 0 Å². The molecule has 2 rings (SSSR count). The third kappa shape index (κ3) is 4.42. The van der Waals surface area contributed by atoms with E-state index < -0.39 is 5.54 Å². The second-order valence-corrected chi connectivity index (χ2v) is 7.63. The summed E-state index contributed by atoms with van der Waals surface area (Å²) in [6, 6.07) is 4.19. The van der Waals surface area contributed by atoms with E-state index >= 15 is 0 Å². The van der Waals surface area contributed by atoms with Gasteiger partial charge in [-0.05, 0) is 63.1 Å². The summed E-state index contributed by atoms with van der Waals surface area (Å²) in [7, 11) is 1.39. The maximum Gasteiger partial charge on any atom is 0.331 e. The van der Waals surface area contributed by atoms with Crippen molar-refractivity contribution in [3.05, 3.63) is 34.4 Å². The molecular weight excluding hydrogens is 314 g/mol. The lowest BCUT2D eigenvalue weighted by molar-refractivity contribution is -0.153. The topological polar surface area (TPSA) is 55.4 Å². The Morgan fingerprint density at radius 3 is 2.20 bits per heavy atom. The number of nitrogens with one attached hydrogen (secondary N) is 1. The molecule has 25 heavy (non-hydrogen) atoms. The van der Waals surface area contributed by atoms with Gasteiger partial charge in [-0.15, -0.1) is 0 Å². The average Bonchev–Trinajstić information content (AvgIpc) is 2.58. The highest BCUT2D eigenvalue weighted by atomic mass is 16.5. The smallest absolute Gasteiger partial charge is 0.331 e. The first-order chi connectivity index (χ1) is 11.8. The van der Waals surface area contributed by atoms with Crippen molar-refractivity contribution in [3.63, 3.8) is 0 Å². The normalized spacial score (nSPS) is 17.6. The Morgan fingerprint density at radius 2 is 1.68 bits per heavy atom. The van der Waals surface area contributed by atoms with Gasteiger partial charge in [-0.2, -0.15) is 0 Å². The Morgan fingerprint density at radius 1 is 1.12 bits per heavy atom. The number of ether oxygens (including phenoxy) is 1. The van der Waals surface area contributed by atoms with Crippen LogP contribution in [-0.2, 0) is 20.7 Å². The van der Waals surface area contributed by atoms with Crippen LogP contribution in [0, 0.1) is 26.7 Å². The van der Waals surface area contributed by atoms with E-state index in [0.29, 0.717) is 0 Å². The molecule has 0 heterocycles. The molecule has 1 unspecified atom stereocenters. The van der Waals surface area contributed by atoms with Crippen LogP contribution in [0.4, 0.5) is 0 Å². The molecule has 1 atom stereocenters. The number of benzene rings is 1. The van der Waals surface area contributed by atoms with Gasteiger partial charge >= 0.3 is 5.97 Å². The van der Waals surface area contributed by atoms with Gasteiger partial charge in [-0.1, -0.05) is 37.0 Å². The number of hydrogen-bond acceptors (Lipinski definition) is 3. The number of aryl methyl sites for hydroxylation is 3. The summed E-state index contributed by atoms with van der Waals surface area (Å²) in [5.74, 6) is -0.323. The predicted octanol–water partition coefficient (Wildman–Crippen LogP) is 3.78. The number of carbonyl (C=O) groups excluding carboxylic acids is 2. The zero-order chi connectivity index (χ0) is 18.6. The number of hydrogen-bond donors (Lipinski definition) is 1. The predicted molar refractivity (Wildman–Crippen MR) is 99.5 cm³/mol. The fraction of sp³-hybridized carbons (Fsp3) is 0.619. The minimum absolute atomic E-state index is 0.117. The Labute approximate surface area is 151 Å². The van der Waals surface area contributed by atoms with E-state index in [-0.39, 0.29) is 24.2 Å². The van der Waals surface area contributed by atoms with E-state index in [1.807, 2.05) is 20.8 Å². The molecule has 1 saturated carbocycles. The maximum absolute atomic E-state index is 12.8. The first kappa shape index (κ1) is 19.5. The maximum atomic E-state index is 12.8. The molecule has 4 heteroatoms. The van der Waals surface area contributed by atoms with Gasteiger partial charge in [0.15, 0.2) is 0 Å². The van der Waals surface area contributed by atoms with Crippen LogP contribution in [0.1, 0.15) is 61.3 Å². The standard InChI is InChI=1S/C21H31NO3/c1-14-11-15(2)18(16(3)12-14)13-19(23)22-21(4,20(24)25-5)17-9-7-6-8-10-17/h11-12,17H,6-10,13H2,1-5H3,(H,22,23). The summed E-state index contributed by atoms with van der Waals surface area (Å²) in [6.07, 6.45) is 5.59. The SMILES string of the molecule is COC(=O)C(C)(NC(=O)Cc1c(C)cc(C)cc1C)C1CCCCC1. The first-order valence-corrected chi connectivity index (χ1v) is 9.24. The third-order valence-corrected chi connectivity index (χ3v) is 5.61. The monoisotopic (exact) mass is 345 g/mol. The van der Waals surface area contributed by atoms with Crippen LogP contribution < -0.4 is 5.32 Å². The Balaban J connectivity index is 2.18. The van der Waals surface area contributed by atoms with Crippen molar-refractivity contribution in [1.29, 1.82) is 0 Å². The van der Waals surface area contributed by atoms with Gasteiger partial charge in [0.05, 0.1) is 13.5 Å². The van der Waals surface area contributed by atoms with Crippen molar-refractivity contribution in [1.82, 2.24) is 5.32 Å². The van der Waals surface area contributed by atoms with E-state index in [2.05, 4.69) is 24.4 Å². The summed E-state index contributed by atoms with van der Waals surface area (Å²) in [5, 5.41) is 3.02. The molecular formula is C21H31NO3. The summed E-state index contributed by atoms with van der Waals surface area (Å²) in [5.41, 5.74) is 3.52. The third-order valence-electron chi connectivity index (χ3n) is 5.61. The van der Waals surface area contributed by atoms with Crippen LogP contribution in [-0.4, -0.2) is 24.5 Å². The highest BCUT2D eigenvalue weighted by molar-refractivity contribution is 5.89. The van der Waals surface area contributed by atoms with Crippen molar-refractivity contribution in [3.8, 4) is 0 Å². The molecule has 1 amide bonds.